The third-order valence-corrected chi connectivity index (χ3v) is 6.81. The van der Waals surface area contributed by atoms with Gasteiger partial charge in [0.2, 0.25) is 0 Å². The van der Waals surface area contributed by atoms with Crippen LogP contribution in [0, 0.1) is 18.3 Å². The number of carbonyl (C=O) groups is 1. The zero-order valence-electron chi connectivity index (χ0n) is 15.2. The van der Waals surface area contributed by atoms with Crippen LogP contribution < -0.4 is 9.62 Å². The molecule has 6 nitrogen and oxygen atoms in total. The van der Waals surface area contributed by atoms with Gasteiger partial charge in [-0.15, -0.1) is 11.3 Å². The van der Waals surface area contributed by atoms with Gasteiger partial charge in [-0.25, -0.2) is 8.42 Å². The third kappa shape index (κ3) is 3.91. The van der Waals surface area contributed by atoms with Gasteiger partial charge in [-0.1, -0.05) is 23.8 Å². The quantitative estimate of drug-likeness (QED) is 0.687. The summed E-state index contributed by atoms with van der Waals surface area (Å²) in [6.45, 7) is 1.88. The van der Waals surface area contributed by atoms with Crippen molar-refractivity contribution in [2.45, 2.75) is 11.8 Å². The van der Waals surface area contributed by atoms with Gasteiger partial charge in [0.1, 0.15) is 4.88 Å². The Morgan fingerprint density at radius 1 is 1.14 bits per heavy atom. The van der Waals surface area contributed by atoms with Crippen molar-refractivity contribution in [3.63, 3.8) is 0 Å². The largest absolute Gasteiger partial charge is 0.321 e. The number of nitriles is 1. The number of aryl methyl sites for hydroxylation is 1. The van der Waals surface area contributed by atoms with Gasteiger partial charge in [0.25, 0.3) is 15.9 Å². The molecule has 0 fully saturated rings. The summed E-state index contributed by atoms with van der Waals surface area (Å²) in [4.78, 5) is 13.1. The number of anilines is 2. The molecule has 0 unspecified atom stereocenters. The predicted molar refractivity (Wildman–Crippen MR) is 110 cm³/mol. The van der Waals surface area contributed by atoms with Crippen molar-refractivity contribution in [1.82, 2.24) is 0 Å². The summed E-state index contributed by atoms with van der Waals surface area (Å²) in [6.07, 6.45) is 0. The fourth-order valence-electron chi connectivity index (χ4n) is 2.57. The van der Waals surface area contributed by atoms with Crippen LogP contribution in [0.3, 0.4) is 0 Å². The molecule has 1 N–H and O–H groups in total. The average molecular weight is 412 g/mol. The first-order valence-corrected chi connectivity index (χ1v) is 10.6. The minimum Gasteiger partial charge on any atom is -0.321 e. The number of sulfonamides is 1. The number of thiophene rings is 1. The van der Waals surface area contributed by atoms with Crippen molar-refractivity contribution in [3.05, 3.63) is 76.0 Å². The number of nitrogens with zero attached hydrogens (tertiary/aromatic N) is 2. The van der Waals surface area contributed by atoms with E-state index in [4.69, 9.17) is 5.26 Å². The number of hydrogen-bond acceptors (Lipinski definition) is 5. The molecule has 0 saturated carbocycles. The Kier molecular flexibility index (Phi) is 5.49. The van der Waals surface area contributed by atoms with E-state index in [-0.39, 0.29) is 9.77 Å². The highest BCUT2D eigenvalue weighted by atomic mass is 32.2. The minimum absolute atomic E-state index is 0.153. The molecular formula is C20H17N3O3S2. The molecule has 8 heteroatoms. The van der Waals surface area contributed by atoms with Crippen LogP contribution in [0.5, 0.6) is 0 Å². The van der Waals surface area contributed by atoms with Gasteiger partial charge in [-0.3, -0.25) is 9.10 Å². The highest BCUT2D eigenvalue weighted by molar-refractivity contribution is 7.92. The Bertz CT molecular complexity index is 1160. The molecule has 1 heterocycles. The second kappa shape index (κ2) is 7.84. The molecule has 0 spiro atoms. The number of carbonyl (C=O) groups excluding carboxylic acids is 1. The molecule has 0 bridgehead atoms. The van der Waals surface area contributed by atoms with E-state index in [1.807, 2.05) is 13.0 Å². The Balaban J connectivity index is 1.89. The maximum Gasteiger partial charge on any atom is 0.267 e. The molecule has 142 valence electrons. The molecule has 3 aromatic rings. The van der Waals surface area contributed by atoms with Gasteiger partial charge in [-0.05, 0) is 48.7 Å². The van der Waals surface area contributed by atoms with Crippen LogP contribution in [0.2, 0.25) is 0 Å². The molecule has 0 aliphatic rings. The van der Waals surface area contributed by atoms with Crippen molar-refractivity contribution in [1.29, 1.82) is 5.26 Å². The molecule has 1 amide bonds. The van der Waals surface area contributed by atoms with E-state index in [0.29, 0.717) is 16.9 Å². The van der Waals surface area contributed by atoms with Gasteiger partial charge in [-0.2, -0.15) is 5.26 Å². The van der Waals surface area contributed by atoms with Crippen LogP contribution >= 0.6 is 11.3 Å². The van der Waals surface area contributed by atoms with Gasteiger partial charge in [0.05, 0.1) is 22.2 Å². The molecule has 0 aliphatic heterocycles. The van der Waals surface area contributed by atoms with E-state index in [2.05, 4.69) is 5.32 Å². The van der Waals surface area contributed by atoms with Gasteiger partial charge in [0.15, 0.2) is 0 Å². The summed E-state index contributed by atoms with van der Waals surface area (Å²) >= 11 is 1.15. The Hall–Kier alpha value is -3.15. The molecule has 2 aromatic carbocycles. The van der Waals surface area contributed by atoms with Crippen LogP contribution in [0.1, 0.15) is 20.8 Å². The molecule has 28 heavy (non-hydrogen) atoms. The lowest BCUT2D eigenvalue weighted by Crippen LogP contribution is -2.28. The smallest absolute Gasteiger partial charge is 0.267 e. The fraction of sp³-hybridized carbons (Fsp3) is 0.100. The summed E-state index contributed by atoms with van der Waals surface area (Å²) in [5, 5.41) is 13.4. The summed E-state index contributed by atoms with van der Waals surface area (Å²) in [7, 11) is -2.38. The second-order valence-electron chi connectivity index (χ2n) is 6.07. The maximum absolute atomic E-state index is 12.9. The topological polar surface area (TPSA) is 90.3 Å². The Labute approximate surface area is 167 Å². The number of benzene rings is 2. The molecule has 0 radical (unpaired) electrons. The van der Waals surface area contributed by atoms with Crippen molar-refractivity contribution < 1.29 is 13.2 Å². The summed E-state index contributed by atoms with van der Waals surface area (Å²) in [5.41, 5.74) is 2.13. The Morgan fingerprint density at radius 2 is 1.86 bits per heavy atom. The zero-order valence-corrected chi connectivity index (χ0v) is 16.8. The van der Waals surface area contributed by atoms with Crippen molar-refractivity contribution >= 4 is 38.6 Å². The van der Waals surface area contributed by atoms with Crippen LogP contribution in [0.15, 0.2) is 64.9 Å². The molecule has 0 saturated heterocycles. The van der Waals surface area contributed by atoms with Crippen LogP contribution in [0.4, 0.5) is 11.4 Å². The van der Waals surface area contributed by atoms with Gasteiger partial charge in [0, 0.05) is 12.7 Å². The number of hydrogen-bond donors (Lipinski definition) is 1. The SMILES string of the molecule is Cc1ccc(S(=O)(=O)N(C)c2ccsc2C(=O)Nc2cccc(C#N)c2)cc1. The van der Waals surface area contributed by atoms with Crippen molar-refractivity contribution in [2.75, 3.05) is 16.7 Å². The lowest BCUT2D eigenvalue weighted by atomic mass is 10.2. The first-order valence-electron chi connectivity index (χ1n) is 8.27. The normalized spacial score (nSPS) is 10.9. The minimum atomic E-state index is -3.80. The highest BCUT2D eigenvalue weighted by Gasteiger charge is 2.26. The first kappa shape index (κ1) is 19.6. The number of nitrogens with one attached hydrogen (secondary N) is 1. The summed E-state index contributed by atoms with van der Waals surface area (Å²) < 4.78 is 26.9. The molecule has 3 rings (SSSR count). The van der Waals surface area contributed by atoms with Gasteiger partial charge < -0.3 is 5.32 Å². The van der Waals surface area contributed by atoms with E-state index >= 15 is 0 Å². The summed E-state index contributed by atoms with van der Waals surface area (Å²) in [5.74, 6) is -0.439. The van der Waals surface area contributed by atoms with E-state index in [1.54, 1.807) is 60.0 Å². The molecule has 0 atom stereocenters. The van der Waals surface area contributed by atoms with E-state index in [0.717, 1.165) is 21.2 Å². The zero-order chi connectivity index (χ0) is 20.3. The number of rotatable bonds is 5. The third-order valence-electron chi connectivity index (χ3n) is 4.12. The van der Waals surface area contributed by atoms with E-state index in [1.165, 1.54) is 7.05 Å². The van der Waals surface area contributed by atoms with E-state index in [9.17, 15) is 13.2 Å². The van der Waals surface area contributed by atoms with E-state index < -0.39 is 15.9 Å². The fourth-order valence-corrected chi connectivity index (χ4v) is 4.65. The standard InChI is InChI=1S/C20H17N3O3S2/c1-14-6-8-17(9-7-14)28(25,26)23(2)18-10-11-27-19(18)20(24)22-16-5-3-4-15(12-16)13-21/h3-12H,1-2H3,(H,22,24). The first-order chi connectivity index (χ1) is 13.3. The van der Waals surface area contributed by atoms with Crippen molar-refractivity contribution in [2.24, 2.45) is 0 Å². The van der Waals surface area contributed by atoms with Crippen LogP contribution in [-0.2, 0) is 10.0 Å². The van der Waals surface area contributed by atoms with Crippen molar-refractivity contribution in [3.8, 4) is 6.07 Å². The molecular weight excluding hydrogens is 394 g/mol. The molecule has 1 aromatic heterocycles. The maximum atomic E-state index is 12.9. The summed E-state index contributed by atoms with van der Waals surface area (Å²) in [6, 6.07) is 16.7. The van der Waals surface area contributed by atoms with Gasteiger partial charge >= 0.3 is 0 Å². The Morgan fingerprint density at radius 3 is 2.54 bits per heavy atom. The second-order valence-corrected chi connectivity index (χ2v) is 8.95. The predicted octanol–water partition coefficient (Wildman–Crippen LogP) is 4.01. The van der Waals surface area contributed by atoms with Crippen LogP contribution in [-0.4, -0.2) is 21.4 Å². The van der Waals surface area contributed by atoms with Crippen LogP contribution in [0.25, 0.3) is 0 Å². The highest BCUT2D eigenvalue weighted by Crippen LogP contribution is 2.30. The monoisotopic (exact) mass is 411 g/mol. The lowest BCUT2D eigenvalue weighted by Gasteiger charge is -2.20. The lowest BCUT2D eigenvalue weighted by molar-refractivity contribution is 0.103. The number of amides is 1. The molecule has 0 aliphatic carbocycles. The average Bonchev–Trinajstić information content (AvgIpc) is 3.17.